The van der Waals surface area contributed by atoms with Gasteiger partial charge in [0.15, 0.2) is 0 Å². The fourth-order valence-corrected chi connectivity index (χ4v) is 2.15. The molecule has 90 valence electrons. The summed E-state index contributed by atoms with van der Waals surface area (Å²) in [4.78, 5) is 4.26. The highest BCUT2D eigenvalue weighted by Gasteiger charge is 2.04. The Morgan fingerprint density at radius 1 is 1.38 bits per heavy atom. The van der Waals surface area contributed by atoms with Crippen molar-refractivity contribution in [1.82, 2.24) is 10.3 Å². The van der Waals surface area contributed by atoms with E-state index >= 15 is 0 Å². The summed E-state index contributed by atoms with van der Waals surface area (Å²) < 4.78 is 0. The van der Waals surface area contributed by atoms with E-state index in [1.807, 2.05) is 12.1 Å². The zero-order valence-electron chi connectivity index (χ0n) is 10.0. The second-order valence-corrected chi connectivity index (χ2v) is 5.77. The lowest BCUT2D eigenvalue weighted by molar-refractivity contribution is 0.510. The van der Waals surface area contributed by atoms with Gasteiger partial charge in [0.2, 0.25) is 0 Å². The fourth-order valence-electron chi connectivity index (χ4n) is 1.17. The Morgan fingerprint density at radius 3 is 2.69 bits per heavy atom. The molecule has 1 aromatic heterocycles. The lowest BCUT2D eigenvalue weighted by Crippen LogP contribution is -2.28. The van der Waals surface area contributed by atoms with E-state index in [2.05, 4.69) is 31.1 Å². The topological polar surface area (TPSA) is 24.9 Å². The van der Waals surface area contributed by atoms with Crippen molar-refractivity contribution in [2.75, 3.05) is 12.3 Å². The van der Waals surface area contributed by atoms with Crippen LogP contribution in [-0.4, -0.2) is 23.3 Å². The Labute approximate surface area is 107 Å². The molecule has 0 saturated heterocycles. The molecule has 1 N–H and O–H groups in total. The van der Waals surface area contributed by atoms with Crippen LogP contribution in [0.5, 0.6) is 0 Å². The highest BCUT2D eigenvalue weighted by atomic mass is 35.5. The summed E-state index contributed by atoms with van der Waals surface area (Å²) in [5.74, 6) is 1.72. The minimum absolute atomic E-state index is 0.557. The largest absolute Gasteiger partial charge is 0.314 e. The van der Waals surface area contributed by atoms with Crippen LogP contribution >= 0.6 is 23.4 Å². The molecule has 0 radical (unpaired) electrons. The number of rotatable bonds is 6. The summed E-state index contributed by atoms with van der Waals surface area (Å²) in [6.45, 7) is 7.64. The van der Waals surface area contributed by atoms with E-state index in [0.717, 1.165) is 17.3 Å². The molecule has 0 aliphatic carbocycles. The molecule has 1 rings (SSSR count). The molecule has 16 heavy (non-hydrogen) atoms. The molecule has 0 spiro atoms. The van der Waals surface area contributed by atoms with Crippen LogP contribution in [0.25, 0.3) is 0 Å². The quantitative estimate of drug-likeness (QED) is 0.791. The molecule has 1 unspecified atom stereocenters. The van der Waals surface area contributed by atoms with Gasteiger partial charge >= 0.3 is 0 Å². The molecule has 0 fully saturated rings. The van der Waals surface area contributed by atoms with E-state index in [1.165, 1.54) is 0 Å². The minimum atomic E-state index is 0.557. The van der Waals surface area contributed by atoms with Gasteiger partial charge in [0.1, 0.15) is 0 Å². The Balaban J connectivity index is 2.26. The zero-order valence-corrected chi connectivity index (χ0v) is 11.6. The molecule has 4 heteroatoms. The Hall–Kier alpha value is -0.250. The predicted molar refractivity (Wildman–Crippen MR) is 72.3 cm³/mol. The second kappa shape index (κ2) is 7.15. The first-order chi connectivity index (χ1) is 7.58. The van der Waals surface area contributed by atoms with Gasteiger partial charge in [-0.15, -0.1) is 11.8 Å². The smallest absolute Gasteiger partial charge is 0.0961 e. The van der Waals surface area contributed by atoms with Crippen LogP contribution in [0.4, 0.5) is 0 Å². The van der Waals surface area contributed by atoms with Crippen molar-refractivity contribution in [3.63, 3.8) is 0 Å². The van der Waals surface area contributed by atoms with Crippen molar-refractivity contribution in [3.8, 4) is 0 Å². The van der Waals surface area contributed by atoms with E-state index in [-0.39, 0.29) is 0 Å². The minimum Gasteiger partial charge on any atom is -0.314 e. The highest BCUT2D eigenvalue weighted by molar-refractivity contribution is 7.99. The van der Waals surface area contributed by atoms with Crippen LogP contribution in [0.2, 0.25) is 5.02 Å². The van der Waals surface area contributed by atoms with Gasteiger partial charge in [0.25, 0.3) is 0 Å². The van der Waals surface area contributed by atoms with Crippen molar-refractivity contribution < 1.29 is 0 Å². The van der Waals surface area contributed by atoms with Gasteiger partial charge < -0.3 is 5.32 Å². The first-order valence-corrected chi connectivity index (χ1v) is 6.92. The lowest BCUT2D eigenvalue weighted by Gasteiger charge is -2.14. The molecule has 2 nitrogen and oxygen atoms in total. The van der Waals surface area contributed by atoms with Gasteiger partial charge in [-0.05, 0) is 24.6 Å². The normalized spacial score (nSPS) is 13.1. The van der Waals surface area contributed by atoms with Gasteiger partial charge in [0, 0.05) is 18.0 Å². The third-order valence-electron chi connectivity index (χ3n) is 2.09. The number of nitrogens with zero attached hydrogens (tertiary/aromatic N) is 1. The van der Waals surface area contributed by atoms with Gasteiger partial charge in [0.05, 0.1) is 10.0 Å². The zero-order chi connectivity index (χ0) is 12.0. The SMILES string of the molecule is CC(CNC(C)C)CSc1ccc(Cl)cn1. The van der Waals surface area contributed by atoms with Crippen molar-refractivity contribution in [1.29, 1.82) is 0 Å². The molecule has 0 amide bonds. The summed E-state index contributed by atoms with van der Waals surface area (Å²) in [5, 5.41) is 5.17. The van der Waals surface area contributed by atoms with Crippen LogP contribution in [0.15, 0.2) is 23.4 Å². The maximum atomic E-state index is 5.78. The summed E-state index contributed by atoms with van der Waals surface area (Å²) in [5.41, 5.74) is 0. The molecule has 1 heterocycles. The van der Waals surface area contributed by atoms with Crippen LogP contribution < -0.4 is 5.32 Å². The Morgan fingerprint density at radius 2 is 2.12 bits per heavy atom. The summed E-state index contributed by atoms with van der Waals surface area (Å²) in [7, 11) is 0. The van der Waals surface area contributed by atoms with E-state index in [1.54, 1.807) is 18.0 Å². The molecule has 0 aromatic carbocycles. The van der Waals surface area contributed by atoms with E-state index in [0.29, 0.717) is 17.0 Å². The second-order valence-electron chi connectivity index (χ2n) is 4.29. The molecule has 0 bridgehead atoms. The average Bonchev–Trinajstić information content (AvgIpc) is 2.25. The van der Waals surface area contributed by atoms with Gasteiger partial charge in [-0.2, -0.15) is 0 Å². The number of hydrogen-bond donors (Lipinski definition) is 1. The molecule has 0 aliphatic rings. The van der Waals surface area contributed by atoms with Crippen molar-refractivity contribution in [2.45, 2.75) is 31.8 Å². The highest BCUT2D eigenvalue weighted by Crippen LogP contribution is 2.19. The van der Waals surface area contributed by atoms with Crippen LogP contribution in [0, 0.1) is 5.92 Å². The van der Waals surface area contributed by atoms with Gasteiger partial charge in [-0.25, -0.2) is 4.98 Å². The molecule has 0 aliphatic heterocycles. The maximum absolute atomic E-state index is 5.78. The van der Waals surface area contributed by atoms with Crippen LogP contribution in [-0.2, 0) is 0 Å². The van der Waals surface area contributed by atoms with Gasteiger partial charge in [-0.1, -0.05) is 32.4 Å². The first kappa shape index (κ1) is 13.8. The fraction of sp³-hybridized carbons (Fsp3) is 0.583. The van der Waals surface area contributed by atoms with Crippen molar-refractivity contribution in [2.24, 2.45) is 5.92 Å². The number of hydrogen-bond acceptors (Lipinski definition) is 3. The summed E-state index contributed by atoms with van der Waals surface area (Å²) >= 11 is 7.56. The third kappa shape index (κ3) is 5.73. The number of halogens is 1. The van der Waals surface area contributed by atoms with E-state index < -0.39 is 0 Å². The average molecular weight is 259 g/mol. The predicted octanol–water partition coefficient (Wildman–Crippen LogP) is 3.46. The number of nitrogens with one attached hydrogen (secondary N) is 1. The van der Waals surface area contributed by atoms with Gasteiger partial charge in [-0.3, -0.25) is 0 Å². The summed E-state index contributed by atoms with van der Waals surface area (Å²) in [6.07, 6.45) is 1.70. The van der Waals surface area contributed by atoms with Crippen molar-refractivity contribution in [3.05, 3.63) is 23.4 Å². The molecular formula is C12H19ClN2S. The molecule has 0 saturated carbocycles. The third-order valence-corrected chi connectivity index (χ3v) is 3.59. The Bertz CT molecular complexity index is 300. The molecule has 1 aromatic rings. The van der Waals surface area contributed by atoms with Crippen LogP contribution in [0.1, 0.15) is 20.8 Å². The van der Waals surface area contributed by atoms with Crippen LogP contribution in [0.3, 0.4) is 0 Å². The van der Waals surface area contributed by atoms with E-state index in [4.69, 9.17) is 11.6 Å². The summed E-state index contributed by atoms with van der Waals surface area (Å²) in [6, 6.07) is 4.41. The Kier molecular flexibility index (Phi) is 6.17. The first-order valence-electron chi connectivity index (χ1n) is 5.55. The molecule has 1 atom stereocenters. The lowest BCUT2D eigenvalue weighted by atomic mass is 10.2. The number of aromatic nitrogens is 1. The monoisotopic (exact) mass is 258 g/mol. The van der Waals surface area contributed by atoms with Crippen molar-refractivity contribution >= 4 is 23.4 Å². The number of pyridine rings is 1. The maximum Gasteiger partial charge on any atom is 0.0961 e. The number of thioether (sulfide) groups is 1. The molecular weight excluding hydrogens is 240 g/mol. The van der Waals surface area contributed by atoms with E-state index in [9.17, 15) is 0 Å². The standard InChI is InChI=1S/C12H19ClN2S/c1-9(2)14-6-10(3)8-16-12-5-4-11(13)7-15-12/h4-5,7,9-10,14H,6,8H2,1-3H3.